The molecule has 0 heterocycles. The number of rotatable bonds is 6. The maximum absolute atomic E-state index is 5.59. The molecule has 0 aromatic heterocycles. The smallest absolute Gasteiger partial charge is 0.119 e. The Kier molecular flexibility index (Phi) is 5.36. The standard InChI is InChI=1S/C12H19N3O/c1-11-4-6-12(7-5-11)16-9-8-15(3)14-10-13-2/h4-7,10H,8-9H2,1-3H3,(H,13,14). The van der Waals surface area contributed by atoms with Gasteiger partial charge in [0.2, 0.25) is 0 Å². The molecule has 0 bridgehead atoms. The predicted molar refractivity (Wildman–Crippen MR) is 66.9 cm³/mol. The number of hydrazine groups is 1. The van der Waals surface area contributed by atoms with Crippen molar-refractivity contribution >= 4 is 6.34 Å². The lowest BCUT2D eigenvalue weighted by Gasteiger charge is -2.16. The van der Waals surface area contributed by atoms with Crippen LogP contribution in [0.4, 0.5) is 0 Å². The molecule has 4 nitrogen and oxygen atoms in total. The van der Waals surface area contributed by atoms with Gasteiger partial charge in [-0.15, -0.1) is 0 Å². The highest BCUT2D eigenvalue weighted by molar-refractivity contribution is 5.52. The first-order valence-electron chi connectivity index (χ1n) is 5.30. The number of nitrogens with zero attached hydrogens (tertiary/aromatic N) is 2. The molecule has 0 aliphatic rings. The van der Waals surface area contributed by atoms with E-state index in [0.29, 0.717) is 6.61 Å². The third-order valence-corrected chi connectivity index (χ3v) is 2.12. The van der Waals surface area contributed by atoms with Crippen molar-refractivity contribution in [1.82, 2.24) is 10.4 Å². The molecular formula is C12H19N3O. The highest BCUT2D eigenvalue weighted by Crippen LogP contribution is 2.10. The summed E-state index contributed by atoms with van der Waals surface area (Å²) < 4.78 is 5.59. The number of hydrogen-bond donors (Lipinski definition) is 1. The number of aliphatic imine (C=N–C) groups is 1. The molecule has 0 spiro atoms. The molecule has 0 aliphatic carbocycles. The molecule has 0 unspecified atom stereocenters. The van der Waals surface area contributed by atoms with Crippen molar-refractivity contribution in [3.05, 3.63) is 29.8 Å². The summed E-state index contributed by atoms with van der Waals surface area (Å²) in [4.78, 5) is 3.83. The first-order chi connectivity index (χ1) is 7.72. The predicted octanol–water partition coefficient (Wildman–Crippen LogP) is 1.47. The van der Waals surface area contributed by atoms with Gasteiger partial charge in [-0.05, 0) is 19.1 Å². The minimum absolute atomic E-state index is 0.643. The Morgan fingerprint density at radius 2 is 2.06 bits per heavy atom. The molecule has 88 valence electrons. The molecule has 0 fully saturated rings. The molecule has 1 N–H and O–H groups in total. The topological polar surface area (TPSA) is 36.9 Å². The third kappa shape index (κ3) is 4.79. The van der Waals surface area contributed by atoms with E-state index >= 15 is 0 Å². The van der Waals surface area contributed by atoms with Gasteiger partial charge in [-0.1, -0.05) is 17.7 Å². The molecule has 1 rings (SSSR count). The highest BCUT2D eigenvalue weighted by Gasteiger charge is 1.96. The Hall–Kier alpha value is -1.55. The van der Waals surface area contributed by atoms with Gasteiger partial charge in [0.25, 0.3) is 0 Å². The van der Waals surface area contributed by atoms with Crippen LogP contribution in [0.1, 0.15) is 5.56 Å². The van der Waals surface area contributed by atoms with Gasteiger partial charge in [-0.3, -0.25) is 4.99 Å². The Morgan fingerprint density at radius 1 is 1.38 bits per heavy atom. The second-order valence-corrected chi connectivity index (χ2v) is 3.60. The molecule has 0 saturated heterocycles. The largest absolute Gasteiger partial charge is 0.492 e. The summed E-state index contributed by atoms with van der Waals surface area (Å²) in [5.41, 5.74) is 4.23. The second kappa shape index (κ2) is 6.85. The molecule has 0 atom stereocenters. The van der Waals surface area contributed by atoms with E-state index in [9.17, 15) is 0 Å². The summed E-state index contributed by atoms with van der Waals surface area (Å²) in [5.74, 6) is 0.906. The van der Waals surface area contributed by atoms with Gasteiger partial charge >= 0.3 is 0 Å². The summed E-state index contributed by atoms with van der Waals surface area (Å²) in [5, 5.41) is 1.92. The van der Waals surface area contributed by atoms with E-state index in [1.165, 1.54) is 5.56 Å². The van der Waals surface area contributed by atoms with E-state index < -0.39 is 0 Å². The first kappa shape index (κ1) is 12.5. The first-order valence-corrected chi connectivity index (χ1v) is 5.30. The summed E-state index contributed by atoms with van der Waals surface area (Å²) in [6.45, 7) is 3.50. The molecule has 0 amide bonds. The van der Waals surface area contributed by atoms with Crippen molar-refractivity contribution in [3.63, 3.8) is 0 Å². The zero-order chi connectivity index (χ0) is 11.8. The SMILES string of the molecule is CN=CNN(C)CCOc1ccc(C)cc1. The fraction of sp³-hybridized carbons (Fsp3) is 0.417. The van der Waals surface area contributed by atoms with Crippen LogP contribution in [0.3, 0.4) is 0 Å². The quantitative estimate of drug-likeness (QED) is 0.449. The van der Waals surface area contributed by atoms with Crippen LogP contribution in [0.5, 0.6) is 5.75 Å². The molecule has 4 heteroatoms. The van der Waals surface area contributed by atoms with Gasteiger partial charge in [0.05, 0.1) is 12.9 Å². The van der Waals surface area contributed by atoms with E-state index in [4.69, 9.17) is 4.74 Å². The van der Waals surface area contributed by atoms with Crippen molar-refractivity contribution in [1.29, 1.82) is 0 Å². The minimum Gasteiger partial charge on any atom is -0.492 e. The van der Waals surface area contributed by atoms with Gasteiger partial charge in [0.1, 0.15) is 12.4 Å². The number of ether oxygens (including phenoxy) is 1. The normalized spacial score (nSPS) is 11.0. The molecule has 16 heavy (non-hydrogen) atoms. The zero-order valence-corrected chi connectivity index (χ0v) is 10.1. The van der Waals surface area contributed by atoms with Gasteiger partial charge in [-0.25, -0.2) is 5.01 Å². The van der Waals surface area contributed by atoms with Crippen LogP contribution in [0.15, 0.2) is 29.3 Å². The highest BCUT2D eigenvalue weighted by atomic mass is 16.5. The van der Waals surface area contributed by atoms with Crippen LogP contribution in [-0.2, 0) is 0 Å². The Labute approximate surface area is 96.9 Å². The number of aryl methyl sites for hydroxylation is 1. The summed E-state index contributed by atoms with van der Waals surface area (Å²) in [7, 11) is 3.67. The number of hydrogen-bond acceptors (Lipinski definition) is 3. The Balaban J connectivity index is 2.22. The summed E-state index contributed by atoms with van der Waals surface area (Å²) in [6, 6.07) is 8.05. The molecule has 0 radical (unpaired) electrons. The van der Waals surface area contributed by atoms with Crippen LogP contribution in [0.25, 0.3) is 0 Å². The van der Waals surface area contributed by atoms with Crippen molar-refractivity contribution in [2.24, 2.45) is 4.99 Å². The van der Waals surface area contributed by atoms with Crippen molar-refractivity contribution in [2.45, 2.75) is 6.92 Å². The summed E-state index contributed by atoms with van der Waals surface area (Å²) in [6.07, 6.45) is 1.64. The van der Waals surface area contributed by atoms with Crippen LogP contribution in [-0.4, -0.2) is 38.6 Å². The lowest BCUT2D eigenvalue weighted by Crippen LogP contribution is -2.36. The monoisotopic (exact) mass is 221 g/mol. The minimum atomic E-state index is 0.643. The average molecular weight is 221 g/mol. The molecule has 1 aromatic rings. The van der Waals surface area contributed by atoms with Crippen molar-refractivity contribution < 1.29 is 4.74 Å². The second-order valence-electron chi connectivity index (χ2n) is 3.60. The van der Waals surface area contributed by atoms with Gasteiger partial charge in [0.15, 0.2) is 0 Å². The molecule has 0 aliphatic heterocycles. The van der Waals surface area contributed by atoms with E-state index in [0.717, 1.165) is 12.3 Å². The lowest BCUT2D eigenvalue weighted by atomic mass is 10.2. The number of nitrogens with one attached hydrogen (secondary N) is 1. The van der Waals surface area contributed by atoms with Crippen LogP contribution < -0.4 is 10.2 Å². The van der Waals surface area contributed by atoms with Crippen molar-refractivity contribution in [3.8, 4) is 5.75 Å². The lowest BCUT2D eigenvalue weighted by molar-refractivity contribution is 0.218. The van der Waals surface area contributed by atoms with E-state index in [-0.39, 0.29) is 0 Å². The maximum atomic E-state index is 5.59. The van der Waals surface area contributed by atoms with Crippen LogP contribution in [0, 0.1) is 6.92 Å². The third-order valence-electron chi connectivity index (χ3n) is 2.12. The fourth-order valence-corrected chi connectivity index (χ4v) is 1.16. The number of likely N-dealkylation sites (N-methyl/N-ethyl adjacent to an activating group) is 1. The maximum Gasteiger partial charge on any atom is 0.119 e. The Bertz CT molecular complexity index is 322. The summed E-state index contributed by atoms with van der Waals surface area (Å²) >= 11 is 0. The number of benzene rings is 1. The zero-order valence-electron chi connectivity index (χ0n) is 10.1. The molecular weight excluding hydrogens is 202 g/mol. The van der Waals surface area contributed by atoms with E-state index in [2.05, 4.69) is 17.3 Å². The Morgan fingerprint density at radius 3 is 2.69 bits per heavy atom. The van der Waals surface area contributed by atoms with Crippen molar-refractivity contribution in [2.75, 3.05) is 27.2 Å². The van der Waals surface area contributed by atoms with Crippen LogP contribution in [0.2, 0.25) is 0 Å². The van der Waals surface area contributed by atoms with E-state index in [1.807, 2.05) is 36.3 Å². The van der Waals surface area contributed by atoms with Gasteiger partial charge in [0, 0.05) is 14.1 Å². The fourth-order valence-electron chi connectivity index (χ4n) is 1.16. The van der Waals surface area contributed by atoms with Gasteiger partial charge in [-0.2, -0.15) is 0 Å². The van der Waals surface area contributed by atoms with E-state index in [1.54, 1.807) is 13.4 Å². The van der Waals surface area contributed by atoms with Crippen LogP contribution >= 0.6 is 0 Å². The molecule has 1 aromatic carbocycles. The van der Waals surface area contributed by atoms with Gasteiger partial charge < -0.3 is 10.2 Å². The molecule has 0 saturated carbocycles. The average Bonchev–Trinajstić information content (AvgIpc) is 2.29.